The lowest BCUT2D eigenvalue weighted by molar-refractivity contribution is -0.117. The standard InChI is InChI=1S/C21H24N6O2S/c1-2-3-12-23-20(29)24-18(28)15-30-21-26-25-19(17-10-7-11-22-13-17)27(21)14-16-8-5-4-6-9-16/h4-11,13H,2-3,12,14-15H2,1H3,(H2,23,24,28,29). The highest BCUT2D eigenvalue weighted by Crippen LogP contribution is 2.24. The van der Waals surface area contributed by atoms with Crippen molar-refractivity contribution in [2.45, 2.75) is 31.5 Å². The van der Waals surface area contributed by atoms with Crippen LogP contribution in [0.15, 0.2) is 60.0 Å². The van der Waals surface area contributed by atoms with Gasteiger partial charge in [0.2, 0.25) is 5.91 Å². The summed E-state index contributed by atoms with van der Waals surface area (Å²) in [5.74, 6) is 0.347. The van der Waals surface area contributed by atoms with E-state index in [4.69, 9.17) is 0 Å². The summed E-state index contributed by atoms with van der Waals surface area (Å²) in [6.07, 6.45) is 5.27. The van der Waals surface area contributed by atoms with Crippen LogP contribution >= 0.6 is 11.8 Å². The molecule has 0 saturated carbocycles. The third kappa shape index (κ3) is 6.15. The maximum atomic E-state index is 12.1. The second-order valence-corrected chi connectivity index (χ2v) is 7.51. The van der Waals surface area contributed by atoms with E-state index in [1.165, 1.54) is 11.8 Å². The number of benzene rings is 1. The lowest BCUT2D eigenvalue weighted by Crippen LogP contribution is -2.40. The average Bonchev–Trinajstić information content (AvgIpc) is 3.16. The molecule has 0 saturated heterocycles. The molecule has 1 aromatic carbocycles. The summed E-state index contributed by atoms with van der Waals surface area (Å²) in [7, 11) is 0. The van der Waals surface area contributed by atoms with E-state index in [1.807, 2.05) is 54.0 Å². The largest absolute Gasteiger partial charge is 0.338 e. The molecule has 0 aliphatic carbocycles. The monoisotopic (exact) mass is 424 g/mol. The predicted octanol–water partition coefficient (Wildman–Crippen LogP) is 3.11. The number of hydrogen-bond acceptors (Lipinski definition) is 6. The Morgan fingerprint density at radius 1 is 1.10 bits per heavy atom. The second-order valence-electron chi connectivity index (χ2n) is 6.57. The number of unbranched alkanes of at least 4 members (excludes halogenated alkanes) is 1. The number of carbonyl (C=O) groups excluding carboxylic acids is 2. The molecule has 3 amide bonds. The zero-order valence-electron chi connectivity index (χ0n) is 16.7. The van der Waals surface area contributed by atoms with Gasteiger partial charge in [-0.3, -0.25) is 19.7 Å². The van der Waals surface area contributed by atoms with Gasteiger partial charge in [-0.15, -0.1) is 10.2 Å². The van der Waals surface area contributed by atoms with Gasteiger partial charge in [0.15, 0.2) is 11.0 Å². The number of pyridine rings is 1. The average molecular weight is 425 g/mol. The molecule has 0 unspecified atom stereocenters. The lowest BCUT2D eigenvalue weighted by Gasteiger charge is -2.10. The first-order valence-corrected chi connectivity index (χ1v) is 10.7. The van der Waals surface area contributed by atoms with E-state index in [0.717, 1.165) is 24.0 Å². The van der Waals surface area contributed by atoms with Gasteiger partial charge in [-0.1, -0.05) is 55.4 Å². The van der Waals surface area contributed by atoms with Crippen molar-refractivity contribution < 1.29 is 9.59 Å². The molecule has 0 aliphatic rings. The molecule has 0 fully saturated rings. The Balaban J connectivity index is 1.70. The minimum absolute atomic E-state index is 0.0567. The smallest absolute Gasteiger partial charge is 0.321 e. The summed E-state index contributed by atoms with van der Waals surface area (Å²) >= 11 is 1.24. The number of nitrogens with one attached hydrogen (secondary N) is 2. The summed E-state index contributed by atoms with van der Waals surface area (Å²) in [6, 6.07) is 13.2. The normalized spacial score (nSPS) is 10.6. The summed E-state index contributed by atoms with van der Waals surface area (Å²) < 4.78 is 1.95. The minimum atomic E-state index is -0.476. The fourth-order valence-corrected chi connectivity index (χ4v) is 3.47. The van der Waals surface area contributed by atoms with Gasteiger partial charge < -0.3 is 5.32 Å². The quantitative estimate of drug-likeness (QED) is 0.404. The van der Waals surface area contributed by atoms with Crippen LogP contribution in [-0.2, 0) is 11.3 Å². The van der Waals surface area contributed by atoms with Crippen LogP contribution in [0.3, 0.4) is 0 Å². The zero-order chi connectivity index (χ0) is 21.2. The van der Waals surface area contributed by atoms with Crippen molar-refractivity contribution in [1.29, 1.82) is 0 Å². The summed E-state index contributed by atoms with van der Waals surface area (Å²) in [5.41, 5.74) is 1.93. The van der Waals surface area contributed by atoms with Crippen LogP contribution in [0, 0.1) is 0 Å². The first-order valence-electron chi connectivity index (χ1n) is 9.75. The molecule has 9 heteroatoms. The van der Waals surface area contributed by atoms with E-state index in [-0.39, 0.29) is 11.7 Å². The van der Waals surface area contributed by atoms with Gasteiger partial charge in [0.1, 0.15) is 0 Å². The molecule has 0 aliphatic heterocycles. The fourth-order valence-electron chi connectivity index (χ4n) is 2.73. The number of amides is 3. The molecule has 0 atom stereocenters. The Hall–Kier alpha value is -3.20. The number of aromatic nitrogens is 4. The number of rotatable bonds is 9. The van der Waals surface area contributed by atoms with Crippen molar-refractivity contribution >= 4 is 23.7 Å². The molecule has 3 rings (SSSR count). The molecular formula is C21H24N6O2S. The lowest BCUT2D eigenvalue weighted by atomic mass is 10.2. The fraction of sp³-hybridized carbons (Fsp3) is 0.286. The van der Waals surface area contributed by atoms with Crippen molar-refractivity contribution in [3.8, 4) is 11.4 Å². The van der Waals surface area contributed by atoms with Gasteiger partial charge in [-0.2, -0.15) is 0 Å². The third-order valence-electron chi connectivity index (χ3n) is 4.22. The Kier molecular flexibility index (Phi) is 7.96. The Morgan fingerprint density at radius 3 is 2.67 bits per heavy atom. The number of hydrogen-bond donors (Lipinski definition) is 2. The summed E-state index contributed by atoms with van der Waals surface area (Å²) in [4.78, 5) is 28.0. The molecule has 8 nitrogen and oxygen atoms in total. The minimum Gasteiger partial charge on any atom is -0.338 e. The van der Waals surface area contributed by atoms with Crippen LogP contribution in [-0.4, -0.2) is 44.0 Å². The summed E-state index contributed by atoms with van der Waals surface area (Å²) in [6.45, 7) is 3.13. The third-order valence-corrected chi connectivity index (χ3v) is 5.19. The maximum absolute atomic E-state index is 12.1. The van der Waals surface area contributed by atoms with E-state index in [0.29, 0.717) is 24.1 Å². The number of urea groups is 1. The highest BCUT2D eigenvalue weighted by Gasteiger charge is 2.17. The van der Waals surface area contributed by atoms with E-state index in [9.17, 15) is 9.59 Å². The van der Waals surface area contributed by atoms with E-state index in [1.54, 1.807) is 12.4 Å². The van der Waals surface area contributed by atoms with Crippen molar-refractivity contribution in [3.05, 3.63) is 60.4 Å². The van der Waals surface area contributed by atoms with Gasteiger partial charge >= 0.3 is 6.03 Å². The molecule has 30 heavy (non-hydrogen) atoms. The van der Waals surface area contributed by atoms with Crippen molar-refractivity contribution in [3.63, 3.8) is 0 Å². The highest BCUT2D eigenvalue weighted by atomic mass is 32.2. The van der Waals surface area contributed by atoms with Crippen LogP contribution < -0.4 is 10.6 Å². The molecule has 0 spiro atoms. The molecule has 156 valence electrons. The molecule has 3 aromatic rings. The van der Waals surface area contributed by atoms with Gasteiger partial charge in [-0.05, 0) is 24.1 Å². The van der Waals surface area contributed by atoms with Crippen LogP contribution in [0.4, 0.5) is 4.79 Å². The Bertz CT molecular complexity index is 962. The maximum Gasteiger partial charge on any atom is 0.321 e. The number of imide groups is 1. The van der Waals surface area contributed by atoms with Gasteiger partial charge in [0.05, 0.1) is 12.3 Å². The van der Waals surface area contributed by atoms with Crippen LogP contribution in [0.5, 0.6) is 0 Å². The van der Waals surface area contributed by atoms with Crippen molar-refractivity contribution in [2.24, 2.45) is 0 Å². The SMILES string of the molecule is CCCCNC(=O)NC(=O)CSc1nnc(-c2cccnc2)n1Cc1ccccc1. The number of carbonyl (C=O) groups is 2. The van der Waals surface area contributed by atoms with Crippen LogP contribution in [0.25, 0.3) is 11.4 Å². The highest BCUT2D eigenvalue weighted by molar-refractivity contribution is 7.99. The predicted molar refractivity (Wildman–Crippen MR) is 116 cm³/mol. The topological polar surface area (TPSA) is 102 Å². The van der Waals surface area contributed by atoms with Crippen LogP contribution in [0.2, 0.25) is 0 Å². The number of nitrogens with zero attached hydrogens (tertiary/aromatic N) is 4. The molecule has 2 heterocycles. The molecular weight excluding hydrogens is 400 g/mol. The van der Waals surface area contributed by atoms with Crippen molar-refractivity contribution in [2.75, 3.05) is 12.3 Å². The van der Waals surface area contributed by atoms with Crippen molar-refractivity contribution in [1.82, 2.24) is 30.4 Å². The van der Waals surface area contributed by atoms with Gasteiger partial charge in [0.25, 0.3) is 0 Å². The zero-order valence-corrected chi connectivity index (χ0v) is 17.6. The van der Waals surface area contributed by atoms with Crippen LogP contribution in [0.1, 0.15) is 25.3 Å². The first-order chi connectivity index (χ1) is 14.7. The Labute approximate surface area is 179 Å². The summed E-state index contributed by atoms with van der Waals surface area (Å²) in [5, 5.41) is 14.2. The molecule has 2 N–H and O–H groups in total. The molecule has 2 aromatic heterocycles. The van der Waals surface area contributed by atoms with E-state index < -0.39 is 6.03 Å². The van der Waals surface area contributed by atoms with E-state index >= 15 is 0 Å². The van der Waals surface area contributed by atoms with Gasteiger partial charge in [-0.25, -0.2) is 4.79 Å². The first kappa shape index (κ1) is 21.5. The second kappa shape index (κ2) is 11.1. The Morgan fingerprint density at radius 2 is 1.93 bits per heavy atom. The molecule has 0 radical (unpaired) electrons. The molecule has 0 bridgehead atoms. The number of thioether (sulfide) groups is 1. The van der Waals surface area contributed by atoms with E-state index in [2.05, 4.69) is 25.8 Å². The van der Waals surface area contributed by atoms with Gasteiger partial charge in [0, 0.05) is 24.5 Å².